The maximum atomic E-state index is 13.4. The molecule has 0 fully saturated rings. The summed E-state index contributed by atoms with van der Waals surface area (Å²) in [6, 6.07) is 3.35. The van der Waals surface area contributed by atoms with Crippen LogP contribution in [0.4, 0.5) is 4.39 Å². The van der Waals surface area contributed by atoms with Gasteiger partial charge in [0.2, 0.25) is 0 Å². The zero-order chi connectivity index (χ0) is 11.4. The van der Waals surface area contributed by atoms with Crippen molar-refractivity contribution in [2.24, 2.45) is 0 Å². The van der Waals surface area contributed by atoms with E-state index in [2.05, 4.69) is 0 Å². The van der Waals surface area contributed by atoms with E-state index in [1.54, 1.807) is 6.92 Å². The molecule has 0 saturated carbocycles. The molecule has 1 rings (SSSR count). The van der Waals surface area contributed by atoms with Crippen molar-refractivity contribution in [1.29, 1.82) is 5.26 Å². The molecule has 4 heteroatoms. The first kappa shape index (κ1) is 11.3. The summed E-state index contributed by atoms with van der Waals surface area (Å²) in [4.78, 5) is 0. The zero-order valence-electron chi connectivity index (χ0n) is 8.93. The van der Waals surface area contributed by atoms with Gasteiger partial charge in [-0.25, -0.2) is 4.39 Å². The second kappa shape index (κ2) is 4.65. The van der Waals surface area contributed by atoms with E-state index < -0.39 is 5.82 Å². The Labute approximate surface area is 88.0 Å². The molecule has 1 aromatic rings. The first-order valence-electron chi connectivity index (χ1n) is 4.42. The number of hydrogen-bond donors (Lipinski definition) is 0. The molecule has 15 heavy (non-hydrogen) atoms. The minimum absolute atomic E-state index is 0.0494. The van der Waals surface area contributed by atoms with Gasteiger partial charge >= 0.3 is 0 Å². The largest absolute Gasteiger partial charge is 0.492 e. The molecule has 80 valence electrons. The molecule has 0 aromatic heterocycles. The number of nitriles is 1. The molecule has 0 saturated heterocycles. The Balaban J connectivity index is 3.43. The van der Waals surface area contributed by atoms with Gasteiger partial charge < -0.3 is 9.47 Å². The molecule has 0 N–H and O–H groups in total. The quantitative estimate of drug-likeness (QED) is 0.766. The summed E-state index contributed by atoms with van der Waals surface area (Å²) in [6.45, 7) is 1.73. The van der Waals surface area contributed by atoms with E-state index in [0.717, 1.165) is 0 Å². The van der Waals surface area contributed by atoms with Crippen LogP contribution in [-0.4, -0.2) is 14.2 Å². The molecule has 1 aromatic carbocycles. The van der Waals surface area contributed by atoms with E-state index in [4.69, 9.17) is 14.7 Å². The molecule has 0 aliphatic heterocycles. The number of methoxy groups -OCH3 is 2. The van der Waals surface area contributed by atoms with E-state index in [0.29, 0.717) is 16.9 Å². The first-order valence-corrected chi connectivity index (χ1v) is 4.42. The van der Waals surface area contributed by atoms with Crippen LogP contribution in [0.15, 0.2) is 6.07 Å². The van der Waals surface area contributed by atoms with Gasteiger partial charge in [0.1, 0.15) is 0 Å². The smallest absolute Gasteiger partial charge is 0.197 e. The summed E-state index contributed by atoms with van der Waals surface area (Å²) >= 11 is 0. The van der Waals surface area contributed by atoms with Gasteiger partial charge in [0, 0.05) is 5.56 Å². The summed E-state index contributed by atoms with van der Waals surface area (Å²) in [5.41, 5.74) is 1.35. The van der Waals surface area contributed by atoms with Crippen molar-refractivity contribution in [2.75, 3.05) is 14.2 Å². The SMILES string of the molecule is COc1c(F)cc(C)c(CC#N)c1OC. The van der Waals surface area contributed by atoms with Crippen molar-refractivity contribution < 1.29 is 13.9 Å². The first-order chi connectivity index (χ1) is 7.15. The Morgan fingerprint density at radius 3 is 2.40 bits per heavy atom. The van der Waals surface area contributed by atoms with Crippen LogP contribution in [0, 0.1) is 24.1 Å². The van der Waals surface area contributed by atoms with Gasteiger partial charge in [0.05, 0.1) is 26.7 Å². The monoisotopic (exact) mass is 209 g/mol. The van der Waals surface area contributed by atoms with Crippen LogP contribution >= 0.6 is 0 Å². The van der Waals surface area contributed by atoms with Crippen molar-refractivity contribution in [3.05, 3.63) is 23.0 Å². The molecule has 0 spiro atoms. The van der Waals surface area contributed by atoms with Crippen LogP contribution in [0.25, 0.3) is 0 Å². The van der Waals surface area contributed by atoms with Crippen molar-refractivity contribution in [3.63, 3.8) is 0 Å². The van der Waals surface area contributed by atoms with Gasteiger partial charge in [-0.05, 0) is 18.6 Å². The van der Waals surface area contributed by atoms with Gasteiger partial charge in [0.15, 0.2) is 17.3 Å². The lowest BCUT2D eigenvalue weighted by molar-refractivity contribution is 0.334. The Morgan fingerprint density at radius 2 is 1.93 bits per heavy atom. The molecular formula is C11H12FNO2. The van der Waals surface area contributed by atoms with Gasteiger partial charge in [0.25, 0.3) is 0 Å². The third-order valence-corrected chi connectivity index (χ3v) is 2.18. The standard InChI is InChI=1S/C11H12FNO2/c1-7-6-9(12)11(15-3)10(14-2)8(7)4-5-13/h6H,4H2,1-3H3. The van der Waals surface area contributed by atoms with Crippen LogP contribution in [0.3, 0.4) is 0 Å². The molecule has 0 atom stereocenters. The highest BCUT2D eigenvalue weighted by atomic mass is 19.1. The second-order valence-electron chi connectivity index (χ2n) is 3.06. The van der Waals surface area contributed by atoms with Crippen molar-refractivity contribution in [3.8, 4) is 17.6 Å². The van der Waals surface area contributed by atoms with E-state index >= 15 is 0 Å². The number of rotatable bonds is 3. The zero-order valence-corrected chi connectivity index (χ0v) is 8.93. The molecule has 0 heterocycles. The van der Waals surface area contributed by atoms with E-state index in [1.807, 2.05) is 6.07 Å². The Bertz CT molecular complexity index is 410. The molecule has 0 aliphatic carbocycles. The van der Waals surface area contributed by atoms with Crippen molar-refractivity contribution in [1.82, 2.24) is 0 Å². The lowest BCUT2D eigenvalue weighted by Gasteiger charge is -2.14. The molecule has 0 radical (unpaired) electrons. The van der Waals surface area contributed by atoms with Crippen LogP contribution in [-0.2, 0) is 6.42 Å². The average Bonchev–Trinajstić information content (AvgIpc) is 2.21. The fourth-order valence-electron chi connectivity index (χ4n) is 1.47. The normalized spacial score (nSPS) is 9.53. The van der Waals surface area contributed by atoms with Gasteiger partial charge in [-0.15, -0.1) is 0 Å². The minimum atomic E-state index is -0.478. The van der Waals surface area contributed by atoms with E-state index in [-0.39, 0.29) is 12.2 Å². The molecule has 3 nitrogen and oxygen atoms in total. The summed E-state index contributed by atoms with van der Waals surface area (Å²) in [6.07, 6.45) is 0.172. The van der Waals surface area contributed by atoms with Crippen molar-refractivity contribution >= 4 is 0 Å². The van der Waals surface area contributed by atoms with E-state index in [1.165, 1.54) is 20.3 Å². The molecular weight excluding hydrogens is 197 g/mol. The number of halogens is 1. The topological polar surface area (TPSA) is 42.2 Å². The predicted molar refractivity (Wildman–Crippen MR) is 53.6 cm³/mol. The third kappa shape index (κ3) is 2.01. The van der Waals surface area contributed by atoms with E-state index in [9.17, 15) is 4.39 Å². The average molecular weight is 209 g/mol. The van der Waals surface area contributed by atoms with Crippen LogP contribution in [0.5, 0.6) is 11.5 Å². The molecule has 0 bridgehead atoms. The maximum absolute atomic E-state index is 13.4. The number of aryl methyl sites for hydroxylation is 1. The Morgan fingerprint density at radius 1 is 1.33 bits per heavy atom. The highest BCUT2D eigenvalue weighted by molar-refractivity contribution is 5.52. The fourth-order valence-corrected chi connectivity index (χ4v) is 1.47. The minimum Gasteiger partial charge on any atom is -0.492 e. The number of benzene rings is 1. The predicted octanol–water partition coefficient (Wildman–Crippen LogP) is 2.22. The van der Waals surface area contributed by atoms with Crippen LogP contribution in [0.1, 0.15) is 11.1 Å². The van der Waals surface area contributed by atoms with Gasteiger partial charge in [-0.1, -0.05) is 0 Å². The van der Waals surface area contributed by atoms with Crippen LogP contribution < -0.4 is 9.47 Å². The number of ether oxygens (including phenoxy) is 2. The summed E-state index contributed by atoms with van der Waals surface area (Å²) in [7, 11) is 2.80. The Hall–Kier alpha value is -1.76. The maximum Gasteiger partial charge on any atom is 0.197 e. The lowest BCUT2D eigenvalue weighted by atomic mass is 10.0. The van der Waals surface area contributed by atoms with Gasteiger partial charge in [-0.3, -0.25) is 0 Å². The highest BCUT2D eigenvalue weighted by Crippen LogP contribution is 2.36. The highest BCUT2D eigenvalue weighted by Gasteiger charge is 2.17. The summed E-state index contributed by atoms with van der Waals surface area (Å²) < 4.78 is 23.4. The lowest BCUT2D eigenvalue weighted by Crippen LogP contribution is -2.00. The summed E-state index contributed by atoms with van der Waals surface area (Å²) in [5.74, 6) is -0.126. The third-order valence-electron chi connectivity index (χ3n) is 2.18. The second-order valence-corrected chi connectivity index (χ2v) is 3.06. The number of nitrogens with zero attached hydrogens (tertiary/aromatic N) is 1. The van der Waals surface area contributed by atoms with Crippen LogP contribution in [0.2, 0.25) is 0 Å². The molecule has 0 amide bonds. The van der Waals surface area contributed by atoms with Crippen molar-refractivity contribution in [2.45, 2.75) is 13.3 Å². The number of hydrogen-bond acceptors (Lipinski definition) is 3. The van der Waals surface area contributed by atoms with Gasteiger partial charge in [-0.2, -0.15) is 5.26 Å². The summed E-state index contributed by atoms with van der Waals surface area (Å²) in [5, 5.41) is 8.66. The molecule has 0 aliphatic rings. The Kier molecular flexibility index (Phi) is 3.51. The molecule has 0 unspecified atom stereocenters. The fraction of sp³-hybridized carbons (Fsp3) is 0.364.